The van der Waals surface area contributed by atoms with Crippen LogP contribution in [0.2, 0.25) is 0 Å². The topological polar surface area (TPSA) is 108 Å². The monoisotopic (exact) mass is 365 g/mol. The van der Waals surface area contributed by atoms with Crippen LogP contribution in [-0.4, -0.2) is 23.1 Å². The van der Waals surface area contributed by atoms with Crippen LogP contribution < -0.4 is 27.2 Å². The predicted molar refractivity (Wildman–Crippen MR) is 104 cm³/mol. The zero-order chi connectivity index (χ0) is 18.8. The molecule has 1 aromatic carbocycles. The second-order valence-electron chi connectivity index (χ2n) is 6.10. The quantitative estimate of drug-likeness (QED) is 0.375. The molecule has 0 bridgehead atoms. The highest BCUT2D eigenvalue weighted by molar-refractivity contribution is 7.80. The first-order chi connectivity index (χ1) is 11.8. The molecular formula is C17H27N5O2S. The first-order valence-corrected chi connectivity index (χ1v) is 8.76. The predicted octanol–water partition coefficient (Wildman–Crippen LogP) is 2.04. The number of anilines is 1. The maximum Gasteiger partial charge on any atom is 0.312 e. The first-order valence-electron chi connectivity index (χ1n) is 8.35. The van der Waals surface area contributed by atoms with Gasteiger partial charge in [0.25, 0.3) is 5.91 Å². The Bertz CT molecular complexity index is 589. The number of rotatable bonds is 7. The van der Waals surface area contributed by atoms with Gasteiger partial charge in [-0.05, 0) is 48.7 Å². The molecule has 0 aliphatic rings. The summed E-state index contributed by atoms with van der Waals surface area (Å²) in [4.78, 5) is 23.1. The molecule has 0 radical (unpaired) electrons. The lowest BCUT2D eigenvalue weighted by Gasteiger charge is -2.21. The number of carbonyl (C=O) groups excluding carboxylic acids is 2. The van der Waals surface area contributed by atoms with Crippen molar-refractivity contribution in [1.82, 2.24) is 16.2 Å². The van der Waals surface area contributed by atoms with Crippen molar-refractivity contribution in [2.75, 3.05) is 5.32 Å². The fourth-order valence-electron chi connectivity index (χ4n) is 2.18. The molecule has 0 aromatic heterocycles. The van der Waals surface area contributed by atoms with Crippen molar-refractivity contribution in [3.63, 3.8) is 0 Å². The number of primary amides is 1. The average Bonchev–Trinajstić information content (AvgIpc) is 2.56. The maximum atomic E-state index is 12.1. The number of aryl methyl sites for hydroxylation is 1. The Morgan fingerprint density at radius 2 is 1.80 bits per heavy atom. The summed E-state index contributed by atoms with van der Waals surface area (Å²) in [7, 11) is 0. The van der Waals surface area contributed by atoms with Gasteiger partial charge in [-0.25, -0.2) is 4.79 Å². The van der Waals surface area contributed by atoms with Crippen molar-refractivity contribution >= 4 is 35.0 Å². The van der Waals surface area contributed by atoms with E-state index in [0.717, 1.165) is 24.9 Å². The highest BCUT2D eigenvalue weighted by Gasteiger charge is 2.23. The molecule has 0 aliphatic heterocycles. The Balaban J connectivity index is 2.48. The van der Waals surface area contributed by atoms with Crippen molar-refractivity contribution in [3.8, 4) is 0 Å². The number of urea groups is 1. The zero-order valence-corrected chi connectivity index (χ0v) is 15.7. The van der Waals surface area contributed by atoms with Crippen LogP contribution in [0.5, 0.6) is 0 Å². The lowest BCUT2D eigenvalue weighted by atomic mass is 10.0. The Kier molecular flexibility index (Phi) is 8.69. The van der Waals surface area contributed by atoms with Crippen molar-refractivity contribution in [2.45, 2.75) is 46.1 Å². The Morgan fingerprint density at radius 1 is 1.16 bits per heavy atom. The van der Waals surface area contributed by atoms with Crippen LogP contribution in [0.3, 0.4) is 0 Å². The van der Waals surface area contributed by atoms with Gasteiger partial charge < -0.3 is 16.4 Å². The molecule has 0 aliphatic carbocycles. The summed E-state index contributed by atoms with van der Waals surface area (Å²) in [6.07, 6.45) is 3.38. The highest BCUT2D eigenvalue weighted by Crippen LogP contribution is 2.11. The lowest BCUT2D eigenvalue weighted by Crippen LogP contribution is -2.55. The minimum absolute atomic E-state index is 0.119. The van der Waals surface area contributed by atoms with E-state index < -0.39 is 18.0 Å². The number of hydrogen-bond donors (Lipinski definition) is 5. The molecule has 3 amide bonds. The van der Waals surface area contributed by atoms with Crippen molar-refractivity contribution in [3.05, 3.63) is 29.8 Å². The molecule has 7 nitrogen and oxygen atoms in total. The third kappa shape index (κ3) is 7.84. The summed E-state index contributed by atoms with van der Waals surface area (Å²) < 4.78 is 0. The summed E-state index contributed by atoms with van der Waals surface area (Å²) in [6.45, 7) is 5.77. The highest BCUT2D eigenvalue weighted by atomic mass is 32.1. The molecule has 8 heteroatoms. The van der Waals surface area contributed by atoms with E-state index in [2.05, 4.69) is 28.4 Å². The largest absolute Gasteiger partial charge is 0.352 e. The molecule has 0 unspecified atom stereocenters. The van der Waals surface area contributed by atoms with E-state index in [0.29, 0.717) is 0 Å². The number of benzene rings is 1. The summed E-state index contributed by atoms with van der Waals surface area (Å²) >= 11 is 5.15. The van der Waals surface area contributed by atoms with Gasteiger partial charge in [0.15, 0.2) is 5.11 Å². The van der Waals surface area contributed by atoms with E-state index in [-0.39, 0.29) is 11.0 Å². The lowest BCUT2D eigenvalue weighted by molar-refractivity contribution is -0.124. The second kappa shape index (κ2) is 10.5. The number of carbonyl (C=O) groups is 2. The van der Waals surface area contributed by atoms with Gasteiger partial charge in [-0.3, -0.25) is 15.6 Å². The standard InChI is InChI=1S/C17H27N5O2S/c1-4-5-6-12-7-9-13(10-8-12)19-17(25)22-21-15(23)14(11(2)3)20-16(18)24/h7-11,14H,4-6H2,1-3H3,(H,21,23)(H3,18,20,24)(H2,19,22,25)/t14-/m0/s1. The number of hydrazine groups is 1. The molecular weight excluding hydrogens is 338 g/mol. The SMILES string of the molecule is CCCCc1ccc(NC(=S)NNC(=O)[C@@H](NC(N)=O)C(C)C)cc1. The van der Waals surface area contributed by atoms with E-state index in [4.69, 9.17) is 18.0 Å². The maximum absolute atomic E-state index is 12.1. The van der Waals surface area contributed by atoms with Gasteiger partial charge in [0, 0.05) is 5.69 Å². The van der Waals surface area contributed by atoms with Crippen LogP contribution in [0.15, 0.2) is 24.3 Å². The van der Waals surface area contributed by atoms with E-state index in [1.54, 1.807) is 13.8 Å². The van der Waals surface area contributed by atoms with Crippen molar-refractivity contribution in [2.24, 2.45) is 11.7 Å². The summed E-state index contributed by atoms with van der Waals surface area (Å²) in [6, 6.07) is 6.47. The summed E-state index contributed by atoms with van der Waals surface area (Å²) in [5, 5.41) is 5.63. The summed E-state index contributed by atoms with van der Waals surface area (Å²) in [5.41, 5.74) is 12.3. The van der Waals surface area contributed by atoms with Crippen molar-refractivity contribution in [1.29, 1.82) is 0 Å². The molecule has 1 aromatic rings. The smallest absolute Gasteiger partial charge is 0.312 e. The molecule has 0 saturated heterocycles. The minimum atomic E-state index is -0.752. The number of amides is 3. The number of unbranched alkanes of at least 4 members (excludes halogenated alkanes) is 1. The van der Waals surface area contributed by atoms with Gasteiger partial charge in [-0.1, -0.05) is 39.3 Å². The van der Waals surface area contributed by atoms with Gasteiger partial charge in [-0.2, -0.15) is 0 Å². The molecule has 138 valence electrons. The summed E-state index contributed by atoms with van der Waals surface area (Å²) in [5.74, 6) is -0.542. The van der Waals surface area contributed by atoms with Crippen LogP contribution in [0, 0.1) is 5.92 Å². The van der Waals surface area contributed by atoms with E-state index >= 15 is 0 Å². The van der Waals surface area contributed by atoms with E-state index in [9.17, 15) is 9.59 Å². The number of nitrogens with one attached hydrogen (secondary N) is 4. The molecule has 1 rings (SSSR count). The van der Waals surface area contributed by atoms with Gasteiger partial charge in [0.2, 0.25) is 0 Å². The molecule has 0 fully saturated rings. The van der Waals surface area contributed by atoms with Crippen LogP contribution in [-0.2, 0) is 11.2 Å². The van der Waals surface area contributed by atoms with Gasteiger partial charge in [0.05, 0.1) is 0 Å². The third-order valence-corrected chi connectivity index (χ3v) is 3.78. The molecule has 25 heavy (non-hydrogen) atoms. The fraction of sp³-hybridized carbons (Fsp3) is 0.471. The van der Waals surface area contributed by atoms with Gasteiger partial charge in [0.1, 0.15) is 6.04 Å². The molecule has 6 N–H and O–H groups in total. The molecule has 0 saturated carbocycles. The second-order valence-corrected chi connectivity index (χ2v) is 6.51. The van der Waals surface area contributed by atoms with E-state index in [1.807, 2.05) is 24.3 Å². The average molecular weight is 366 g/mol. The molecule has 1 atom stereocenters. The van der Waals surface area contributed by atoms with Crippen LogP contribution in [0.4, 0.5) is 10.5 Å². The number of hydrogen-bond acceptors (Lipinski definition) is 3. The van der Waals surface area contributed by atoms with Crippen LogP contribution >= 0.6 is 12.2 Å². The molecule has 0 heterocycles. The van der Waals surface area contributed by atoms with Crippen LogP contribution in [0.25, 0.3) is 0 Å². The Labute approximate surface area is 154 Å². The fourth-order valence-corrected chi connectivity index (χ4v) is 2.35. The first kappa shape index (κ1) is 20.7. The number of nitrogens with two attached hydrogens (primary N) is 1. The normalized spacial score (nSPS) is 11.5. The van der Waals surface area contributed by atoms with Gasteiger partial charge >= 0.3 is 6.03 Å². The van der Waals surface area contributed by atoms with Crippen LogP contribution in [0.1, 0.15) is 39.2 Å². The Morgan fingerprint density at radius 3 is 2.32 bits per heavy atom. The number of thiocarbonyl (C=S) groups is 1. The van der Waals surface area contributed by atoms with E-state index in [1.165, 1.54) is 5.56 Å². The zero-order valence-electron chi connectivity index (χ0n) is 14.9. The third-order valence-electron chi connectivity index (χ3n) is 3.58. The van der Waals surface area contributed by atoms with Crippen molar-refractivity contribution < 1.29 is 9.59 Å². The Hall–Kier alpha value is -2.35. The minimum Gasteiger partial charge on any atom is -0.352 e. The van der Waals surface area contributed by atoms with Gasteiger partial charge in [-0.15, -0.1) is 0 Å². The molecule has 0 spiro atoms.